The highest BCUT2D eigenvalue weighted by Gasteiger charge is 2.22. The van der Waals surface area contributed by atoms with Gasteiger partial charge in [-0.1, -0.05) is 18.2 Å². The Bertz CT molecular complexity index is 736. The zero-order valence-electron chi connectivity index (χ0n) is 16.2. The molecule has 0 unspecified atom stereocenters. The van der Waals surface area contributed by atoms with Crippen molar-refractivity contribution in [2.45, 2.75) is 50.9 Å². The Morgan fingerprint density at radius 1 is 1.00 bits per heavy atom. The Morgan fingerprint density at radius 2 is 1.78 bits per heavy atom. The Hall–Kier alpha value is -1.52. The van der Waals surface area contributed by atoms with Gasteiger partial charge in [-0.3, -0.25) is 4.79 Å². The number of halogens is 1. The molecule has 0 spiro atoms. The van der Waals surface area contributed by atoms with Gasteiger partial charge in [-0.15, -0.1) is 12.4 Å². The van der Waals surface area contributed by atoms with Gasteiger partial charge in [0.2, 0.25) is 5.91 Å². The molecule has 2 saturated heterocycles. The molecular formula is C22H32ClN3O. The SMILES string of the molecule is Cl.O=C1CCCCN1CCCCN1CCC(c2c[nH]c3ccccc23)CC1. The molecule has 3 heterocycles. The lowest BCUT2D eigenvalue weighted by Gasteiger charge is -2.32. The first-order valence-electron chi connectivity index (χ1n) is 10.4. The second-order valence-electron chi connectivity index (χ2n) is 7.95. The number of carbonyl (C=O) groups excluding carboxylic acids is 1. The van der Waals surface area contributed by atoms with E-state index in [-0.39, 0.29) is 12.4 Å². The van der Waals surface area contributed by atoms with Crippen LogP contribution in [0.2, 0.25) is 0 Å². The molecule has 1 amide bonds. The molecule has 0 atom stereocenters. The molecule has 5 heteroatoms. The van der Waals surface area contributed by atoms with Gasteiger partial charge in [-0.25, -0.2) is 0 Å². The van der Waals surface area contributed by atoms with Crippen LogP contribution in [0.3, 0.4) is 0 Å². The number of unbranched alkanes of at least 4 members (excludes halogenated alkanes) is 1. The summed E-state index contributed by atoms with van der Waals surface area (Å²) in [5, 5.41) is 1.40. The Kier molecular flexibility index (Phi) is 7.20. The highest BCUT2D eigenvalue weighted by molar-refractivity contribution is 5.85. The van der Waals surface area contributed by atoms with E-state index in [9.17, 15) is 4.79 Å². The summed E-state index contributed by atoms with van der Waals surface area (Å²) < 4.78 is 0. The number of piperidine rings is 2. The van der Waals surface area contributed by atoms with Gasteiger partial charge in [0.05, 0.1) is 0 Å². The van der Waals surface area contributed by atoms with Crippen LogP contribution < -0.4 is 0 Å². The maximum atomic E-state index is 11.8. The predicted molar refractivity (Wildman–Crippen MR) is 114 cm³/mol. The largest absolute Gasteiger partial charge is 0.361 e. The number of para-hydroxylation sites is 1. The molecule has 27 heavy (non-hydrogen) atoms. The molecule has 4 rings (SSSR count). The smallest absolute Gasteiger partial charge is 0.222 e. The number of nitrogens with one attached hydrogen (secondary N) is 1. The van der Waals surface area contributed by atoms with Gasteiger partial charge in [-0.2, -0.15) is 0 Å². The molecule has 0 aliphatic carbocycles. The fourth-order valence-electron chi connectivity index (χ4n) is 4.64. The first-order chi connectivity index (χ1) is 12.8. The van der Waals surface area contributed by atoms with Gasteiger partial charge < -0.3 is 14.8 Å². The molecule has 4 nitrogen and oxygen atoms in total. The zero-order chi connectivity index (χ0) is 17.8. The van der Waals surface area contributed by atoms with Crippen LogP contribution in [0, 0.1) is 0 Å². The number of fused-ring (bicyclic) bond motifs is 1. The predicted octanol–water partition coefficient (Wildman–Crippen LogP) is 4.56. The number of rotatable bonds is 6. The van der Waals surface area contributed by atoms with Crippen molar-refractivity contribution >= 4 is 29.2 Å². The summed E-state index contributed by atoms with van der Waals surface area (Å²) in [4.78, 5) is 20.0. The summed E-state index contributed by atoms with van der Waals surface area (Å²) in [6.07, 6.45) is 10.1. The van der Waals surface area contributed by atoms with E-state index in [0.717, 1.165) is 32.4 Å². The van der Waals surface area contributed by atoms with E-state index in [0.29, 0.717) is 11.8 Å². The topological polar surface area (TPSA) is 39.3 Å². The molecule has 2 aromatic rings. The van der Waals surface area contributed by atoms with Crippen LogP contribution in [-0.4, -0.2) is 53.4 Å². The molecule has 2 aliphatic rings. The molecule has 0 saturated carbocycles. The van der Waals surface area contributed by atoms with E-state index in [2.05, 4.69) is 45.2 Å². The second-order valence-corrected chi connectivity index (χ2v) is 7.95. The van der Waals surface area contributed by atoms with Crippen LogP contribution >= 0.6 is 12.4 Å². The van der Waals surface area contributed by atoms with Crippen molar-refractivity contribution in [2.75, 3.05) is 32.7 Å². The molecule has 148 valence electrons. The third-order valence-electron chi connectivity index (χ3n) is 6.22. The van der Waals surface area contributed by atoms with E-state index in [1.54, 1.807) is 0 Å². The third kappa shape index (κ3) is 4.85. The highest BCUT2D eigenvalue weighted by atomic mass is 35.5. The van der Waals surface area contributed by atoms with Crippen LogP contribution in [-0.2, 0) is 4.79 Å². The molecule has 1 N–H and O–H groups in total. The van der Waals surface area contributed by atoms with Gasteiger partial charge in [-0.05, 0) is 75.7 Å². The molecule has 2 aliphatic heterocycles. The van der Waals surface area contributed by atoms with Gasteiger partial charge in [0, 0.05) is 36.6 Å². The van der Waals surface area contributed by atoms with E-state index < -0.39 is 0 Å². The molecule has 1 aromatic heterocycles. The van der Waals surface area contributed by atoms with Crippen molar-refractivity contribution in [1.82, 2.24) is 14.8 Å². The van der Waals surface area contributed by atoms with E-state index in [1.165, 1.54) is 61.8 Å². The number of H-pyrrole nitrogens is 1. The van der Waals surface area contributed by atoms with Gasteiger partial charge in [0.15, 0.2) is 0 Å². The molecular weight excluding hydrogens is 358 g/mol. The highest BCUT2D eigenvalue weighted by Crippen LogP contribution is 2.33. The Morgan fingerprint density at radius 3 is 2.59 bits per heavy atom. The minimum absolute atomic E-state index is 0. The first-order valence-corrected chi connectivity index (χ1v) is 10.4. The van der Waals surface area contributed by atoms with Crippen molar-refractivity contribution in [3.63, 3.8) is 0 Å². The lowest BCUT2D eigenvalue weighted by atomic mass is 9.89. The average molecular weight is 390 g/mol. The number of aromatic amines is 1. The maximum absolute atomic E-state index is 11.8. The van der Waals surface area contributed by atoms with Crippen molar-refractivity contribution in [1.29, 1.82) is 0 Å². The van der Waals surface area contributed by atoms with Crippen LogP contribution in [0.25, 0.3) is 10.9 Å². The van der Waals surface area contributed by atoms with Gasteiger partial charge in [0.25, 0.3) is 0 Å². The van der Waals surface area contributed by atoms with Crippen molar-refractivity contribution in [3.8, 4) is 0 Å². The molecule has 0 bridgehead atoms. The number of amides is 1. The van der Waals surface area contributed by atoms with Crippen molar-refractivity contribution in [2.24, 2.45) is 0 Å². The normalized spacial score (nSPS) is 19.4. The fraction of sp³-hybridized carbons (Fsp3) is 0.591. The lowest BCUT2D eigenvalue weighted by Crippen LogP contribution is -2.37. The number of nitrogens with zero attached hydrogens (tertiary/aromatic N) is 2. The summed E-state index contributed by atoms with van der Waals surface area (Å²) in [6.45, 7) is 5.53. The van der Waals surface area contributed by atoms with Crippen molar-refractivity contribution < 1.29 is 4.79 Å². The number of carbonyl (C=O) groups is 1. The maximum Gasteiger partial charge on any atom is 0.222 e. The number of likely N-dealkylation sites (tertiary alicyclic amines) is 2. The lowest BCUT2D eigenvalue weighted by molar-refractivity contribution is -0.133. The minimum Gasteiger partial charge on any atom is -0.361 e. The van der Waals surface area contributed by atoms with Gasteiger partial charge >= 0.3 is 0 Å². The number of aromatic nitrogens is 1. The van der Waals surface area contributed by atoms with Crippen LogP contribution in [0.4, 0.5) is 0 Å². The standard InChI is InChI=1S/C22H31N3O.ClH/c26-22-9-3-4-13-25(22)14-6-5-12-24-15-10-18(11-16-24)20-17-23-21-8-2-1-7-19(20)21;/h1-2,7-8,17-18,23H,3-6,9-16H2;1H. The first kappa shape index (κ1) is 20.2. The number of benzene rings is 1. The Balaban J connectivity index is 0.00000210. The number of hydrogen-bond donors (Lipinski definition) is 1. The summed E-state index contributed by atoms with van der Waals surface area (Å²) in [5.74, 6) is 1.06. The summed E-state index contributed by atoms with van der Waals surface area (Å²) in [6, 6.07) is 8.65. The van der Waals surface area contributed by atoms with E-state index in [4.69, 9.17) is 0 Å². The van der Waals surface area contributed by atoms with Crippen LogP contribution in [0.5, 0.6) is 0 Å². The van der Waals surface area contributed by atoms with Crippen LogP contribution in [0.15, 0.2) is 30.5 Å². The van der Waals surface area contributed by atoms with Crippen molar-refractivity contribution in [3.05, 3.63) is 36.0 Å². The fourth-order valence-corrected chi connectivity index (χ4v) is 4.64. The van der Waals surface area contributed by atoms with E-state index >= 15 is 0 Å². The van der Waals surface area contributed by atoms with Crippen LogP contribution in [0.1, 0.15) is 56.4 Å². The summed E-state index contributed by atoms with van der Waals surface area (Å²) in [5.41, 5.74) is 2.76. The van der Waals surface area contributed by atoms with E-state index in [1.807, 2.05) is 0 Å². The number of hydrogen-bond acceptors (Lipinski definition) is 2. The zero-order valence-corrected chi connectivity index (χ0v) is 17.0. The average Bonchev–Trinajstić information content (AvgIpc) is 3.11. The quantitative estimate of drug-likeness (QED) is 0.735. The molecule has 1 aromatic carbocycles. The molecule has 2 fully saturated rings. The Labute approximate surface area is 168 Å². The third-order valence-corrected chi connectivity index (χ3v) is 6.22. The summed E-state index contributed by atoms with van der Waals surface area (Å²) >= 11 is 0. The monoisotopic (exact) mass is 389 g/mol. The minimum atomic E-state index is 0. The second kappa shape index (κ2) is 9.61. The summed E-state index contributed by atoms with van der Waals surface area (Å²) in [7, 11) is 0. The molecule has 0 radical (unpaired) electrons. The van der Waals surface area contributed by atoms with Gasteiger partial charge in [0.1, 0.15) is 0 Å².